The van der Waals surface area contributed by atoms with Gasteiger partial charge >= 0.3 is 0 Å². The number of aromatic nitrogens is 1. The average Bonchev–Trinajstić information content (AvgIpc) is 2.39. The number of amides is 1. The number of pyridine rings is 1. The van der Waals surface area contributed by atoms with E-state index in [4.69, 9.17) is 5.73 Å². The predicted octanol–water partition coefficient (Wildman–Crippen LogP) is 1.04. The lowest BCUT2D eigenvalue weighted by Crippen LogP contribution is -2.39. The van der Waals surface area contributed by atoms with E-state index >= 15 is 0 Å². The molecule has 104 valence electrons. The minimum atomic E-state index is -0.0782. The molecule has 2 heterocycles. The van der Waals surface area contributed by atoms with Crippen LogP contribution in [-0.2, 0) is 0 Å². The summed E-state index contributed by atoms with van der Waals surface area (Å²) < 4.78 is 0. The van der Waals surface area contributed by atoms with Crippen molar-refractivity contribution in [2.24, 2.45) is 5.92 Å². The number of hydrogen-bond donors (Lipinski definition) is 2. The quantitative estimate of drug-likeness (QED) is 0.854. The van der Waals surface area contributed by atoms with Crippen LogP contribution in [0.25, 0.3) is 0 Å². The Labute approximate surface area is 114 Å². The number of piperidine rings is 1. The van der Waals surface area contributed by atoms with Crippen molar-refractivity contribution in [1.29, 1.82) is 0 Å². The molecule has 0 radical (unpaired) electrons. The van der Waals surface area contributed by atoms with Gasteiger partial charge in [-0.25, -0.2) is 0 Å². The fourth-order valence-corrected chi connectivity index (χ4v) is 2.55. The maximum absolute atomic E-state index is 12.1. The second kappa shape index (κ2) is 6.02. The smallest absolute Gasteiger partial charge is 0.253 e. The van der Waals surface area contributed by atoms with E-state index in [-0.39, 0.29) is 5.91 Å². The van der Waals surface area contributed by atoms with Crippen molar-refractivity contribution in [2.45, 2.75) is 19.8 Å². The van der Waals surface area contributed by atoms with Crippen LogP contribution >= 0.6 is 0 Å². The van der Waals surface area contributed by atoms with Gasteiger partial charge in [0.2, 0.25) is 0 Å². The zero-order valence-corrected chi connectivity index (χ0v) is 11.6. The van der Waals surface area contributed by atoms with Gasteiger partial charge in [-0.15, -0.1) is 0 Å². The van der Waals surface area contributed by atoms with Crippen molar-refractivity contribution in [3.05, 3.63) is 23.5 Å². The number of nitrogen functional groups attached to an aromatic ring is 1. The molecule has 0 saturated carbocycles. The van der Waals surface area contributed by atoms with E-state index in [1.807, 2.05) is 6.92 Å². The molecule has 1 fully saturated rings. The van der Waals surface area contributed by atoms with Gasteiger partial charge in [-0.05, 0) is 45.3 Å². The molecule has 0 aliphatic carbocycles. The summed E-state index contributed by atoms with van der Waals surface area (Å²) in [5.41, 5.74) is 7.48. The van der Waals surface area contributed by atoms with E-state index in [0.717, 1.165) is 19.6 Å². The third-order valence-corrected chi connectivity index (χ3v) is 3.63. The molecule has 1 aliphatic heterocycles. The summed E-state index contributed by atoms with van der Waals surface area (Å²) in [6.45, 7) is 4.75. The lowest BCUT2D eigenvalue weighted by atomic mass is 9.98. The monoisotopic (exact) mass is 262 g/mol. The van der Waals surface area contributed by atoms with Crippen molar-refractivity contribution in [3.63, 3.8) is 0 Å². The number of rotatable bonds is 3. The van der Waals surface area contributed by atoms with Crippen molar-refractivity contribution in [2.75, 3.05) is 32.4 Å². The zero-order chi connectivity index (χ0) is 13.8. The molecule has 5 heteroatoms. The Bertz CT molecular complexity index is 461. The summed E-state index contributed by atoms with van der Waals surface area (Å²) >= 11 is 0. The summed E-state index contributed by atoms with van der Waals surface area (Å²) in [4.78, 5) is 18.5. The largest absolute Gasteiger partial charge is 0.397 e. The molecule has 1 unspecified atom stereocenters. The highest BCUT2D eigenvalue weighted by molar-refractivity contribution is 5.95. The predicted molar refractivity (Wildman–Crippen MR) is 75.9 cm³/mol. The average molecular weight is 262 g/mol. The second-order valence-electron chi connectivity index (χ2n) is 5.38. The maximum Gasteiger partial charge on any atom is 0.253 e. The van der Waals surface area contributed by atoms with Gasteiger partial charge in [0.15, 0.2) is 0 Å². The normalized spacial score (nSPS) is 20.2. The molecule has 1 aromatic rings. The molecule has 0 spiro atoms. The molecule has 1 atom stereocenters. The molecule has 0 aromatic carbocycles. The molecule has 1 aliphatic rings. The lowest BCUT2D eigenvalue weighted by Gasteiger charge is -2.29. The van der Waals surface area contributed by atoms with Gasteiger partial charge in [0.1, 0.15) is 0 Å². The zero-order valence-electron chi connectivity index (χ0n) is 11.6. The van der Waals surface area contributed by atoms with Crippen LogP contribution in [0, 0.1) is 12.8 Å². The van der Waals surface area contributed by atoms with Gasteiger partial charge in [0.05, 0.1) is 23.1 Å². The Balaban J connectivity index is 1.92. The number of likely N-dealkylation sites (tertiary alicyclic amines) is 1. The Morgan fingerprint density at radius 2 is 2.42 bits per heavy atom. The molecule has 2 rings (SSSR count). The number of aryl methyl sites for hydroxylation is 1. The highest BCUT2D eigenvalue weighted by Crippen LogP contribution is 2.14. The van der Waals surface area contributed by atoms with Gasteiger partial charge in [0, 0.05) is 13.1 Å². The van der Waals surface area contributed by atoms with Gasteiger partial charge < -0.3 is 16.0 Å². The Morgan fingerprint density at radius 1 is 1.63 bits per heavy atom. The van der Waals surface area contributed by atoms with Crippen molar-refractivity contribution < 1.29 is 4.79 Å². The lowest BCUT2D eigenvalue weighted by molar-refractivity contribution is 0.0936. The van der Waals surface area contributed by atoms with E-state index in [2.05, 4.69) is 22.2 Å². The van der Waals surface area contributed by atoms with Crippen LogP contribution in [0.2, 0.25) is 0 Å². The fraction of sp³-hybridized carbons (Fsp3) is 0.571. The molecule has 3 N–H and O–H groups in total. The van der Waals surface area contributed by atoms with Crippen LogP contribution in [0.1, 0.15) is 28.9 Å². The minimum Gasteiger partial charge on any atom is -0.397 e. The van der Waals surface area contributed by atoms with E-state index in [0.29, 0.717) is 22.9 Å². The van der Waals surface area contributed by atoms with Gasteiger partial charge in [-0.2, -0.15) is 0 Å². The van der Waals surface area contributed by atoms with E-state index in [9.17, 15) is 4.79 Å². The molecular weight excluding hydrogens is 240 g/mol. The molecule has 19 heavy (non-hydrogen) atoms. The summed E-state index contributed by atoms with van der Waals surface area (Å²) in [6, 6.07) is 1.69. The summed E-state index contributed by atoms with van der Waals surface area (Å²) in [6.07, 6.45) is 3.96. The van der Waals surface area contributed by atoms with E-state index in [1.54, 1.807) is 12.3 Å². The Kier molecular flexibility index (Phi) is 4.37. The molecule has 0 bridgehead atoms. The summed E-state index contributed by atoms with van der Waals surface area (Å²) in [5, 5.41) is 3.00. The first-order valence-electron chi connectivity index (χ1n) is 6.75. The van der Waals surface area contributed by atoms with Crippen LogP contribution in [0.4, 0.5) is 5.69 Å². The third-order valence-electron chi connectivity index (χ3n) is 3.63. The number of hydrogen-bond acceptors (Lipinski definition) is 4. The second-order valence-corrected chi connectivity index (χ2v) is 5.38. The number of nitrogens with one attached hydrogen (secondary N) is 1. The van der Waals surface area contributed by atoms with Gasteiger partial charge in [-0.1, -0.05) is 0 Å². The fourth-order valence-electron chi connectivity index (χ4n) is 2.55. The molecule has 1 aromatic heterocycles. The van der Waals surface area contributed by atoms with Crippen molar-refractivity contribution >= 4 is 11.6 Å². The highest BCUT2D eigenvalue weighted by atomic mass is 16.1. The minimum absolute atomic E-state index is 0.0782. The van der Waals surface area contributed by atoms with Crippen LogP contribution in [0.5, 0.6) is 0 Å². The van der Waals surface area contributed by atoms with Gasteiger partial charge in [0.25, 0.3) is 5.91 Å². The highest BCUT2D eigenvalue weighted by Gasteiger charge is 2.18. The van der Waals surface area contributed by atoms with Crippen molar-refractivity contribution in [3.8, 4) is 0 Å². The molecular formula is C14H22N4O. The Hall–Kier alpha value is -1.62. The summed E-state index contributed by atoms with van der Waals surface area (Å²) in [7, 11) is 2.12. The topological polar surface area (TPSA) is 71.2 Å². The first-order valence-corrected chi connectivity index (χ1v) is 6.75. The first kappa shape index (κ1) is 13.8. The number of anilines is 1. The molecule has 5 nitrogen and oxygen atoms in total. The third kappa shape index (κ3) is 3.67. The number of nitrogens with two attached hydrogens (primary N) is 1. The van der Waals surface area contributed by atoms with Crippen LogP contribution in [0.3, 0.4) is 0 Å². The Morgan fingerprint density at radius 3 is 3.16 bits per heavy atom. The standard InChI is InChI=1S/C14H22N4O/c1-10-13(6-12(15)8-16-10)14(19)17-7-11-4-3-5-18(2)9-11/h6,8,11H,3-5,7,9,15H2,1-2H3,(H,17,19). The van der Waals surface area contributed by atoms with Crippen molar-refractivity contribution in [1.82, 2.24) is 15.2 Å². The number of nitrogens with zero attached hydrogens (tertiary/aromatic N) is 2. The molecule has 1 saturated heterocycles. The maximum atomic E-state index is 12.1. The van der Waals surface area contributed by atoms with Crippen LogP contribution in [0.15, 0.2) is 12.3 Å². The van der Waals surface area contributed by atoms with Gasteiger partial charge in [-0.3, -0.25) is 9.78 Å². The van der Waals surface area contributed by atoms with Crippen LogP contribution in [-0.4, -0.2) is 42.5 Å². The van der Waals surface area contributed by atoms with E-state index < -0.39 is 0 Å². The molecule has 1 amide bonds. The van der Waals surface area contributed by atoms with Crippen LogP contribution < -0.4 is 11.1 Å². The SMILES string of the molecule is Cc1ncc(N)cc1C(=O)NCC1CCCN(C)C1. The number of carbonyl (C=O) groups excluding carboxylic acids is 1. The summed E-state index contributed by atoms with van der Waals surface area (Å²) in [5.74, 6) is 0.461. The van der Waals surface area contributed by atoms with E-state index in [1.165, 1.54) is 12.8 Å². The first-order chi connectivity index (χ1) is 9.06. The number of carbonyl (C=O) groups is 1.